The van der Waals surface area contributed by atoms with E-state index in [1.54, 1.807) is 35.3 Å². The zero-order valence-corrected chi connectivity index (χ0v) is 9.99. The lowest BCUT2D eigenvalue weighted by atomic mass is 10.2. The number of benzene rings is 1. The summed E-state index contributed by atoms with van der Waals surface area (Å²) in [6, 6.07) is 11.7. The van der Waals surface area contributed by atoms with Gasteiger partial charge in [-0.15, -0.1) is 0 Å². The van der Waals surface area contributed by atoms with E-state index in [0.29, 0.717) is 11.5 Å². The molecule has 3 rings (SSSR count). The molecule has 0 radical (unpaired) electrons. The minimum absolute atomic E-state index is 0.298. The molecule has 4 nitrogen and oxygen atoms in total. The molecule has 2 aromatic heterocycles. The van der Waals surface area contributed by atoms with Crippen molar-refractivity contribution in [2.24, 2.45) is 0 Å². The van der Waals surface area contributed by atoms with Crippen LogP contribution >= 0.6 is 0 Å². The first-order chi connectivity index (χ1) is 9.24. The summed E-state index contributed by atoms with van der Waals surface area (Å²) in [5.74, 6) is 0.137. The van der Waals surface area contributed by atoms with Gasteiger partial charge in [-0.05, 0) is 36.4 Å². The van der Waals surface area contributed by atoms with Gasteiger partial charge in [0.25, 0.3) is 0 Å². The number of hydrogen-bond acceptors (Lipinski definition) is 3. The van der Waals surface area contributed by atoms with Gasteiger partial charge in [0.1, 0.15) is 11.6 Å². The molecular formula is C14H11FN4. The standard InChI is InChI=1S/C14H11FN4/c15-11-2-1-3-12(9-11)19-13(5-7-18-19)10-4-6-17-14(16)8-10/h1-9H,(H2,16,17). The summed E-state index contributed by atoms with van der Waals surface area (Å²) >= 11 is 0. The maximum atomic E-state index is 13.3. The summed E-state index contributed by atoms with van der Waals surface area (Å²) in [4.78, 5) is 3.95. The Kier molecular flexibility index (Phi) is 2.72. The van der Waals surface area contributed by atoms with Gasteiger partial charge in [0, 0.05) is 11.8 Å². The Bertz CT molecular complexity index is 661. The van der Waals surface area contributed by atoms with Gasteiger partial charge >= 0.3 is 0 Å². The molecule has 0 atom stereocenters. The van der Waals surface area contributed by atoms with Gasteiger partial charge in [-0.25, -0.2) is 14.1 Å². The Balaban J connectivity index is 2.13. The third-order valence-corrected chi connectivity index (χ3v) is 2.77. The highest BCUT2D eigenvalue weighted by atomic mass is 19.1. The number of nitrogen functional groups attached to an aromatic ring is 1. The molecule has 0 fully saturated rings. The summed E-state index contributed by atoms with van der Waals surface area (Å²) in [7, 11) is 0. The predicted octanol–water partition coefficient (Wildman–Crippen LogP) is 2.66. The molecule has 2 N–H and O–H groups in total. The first-order valence-corrected chi connectivity index (χ1v) is 5.76. The van der Waals surface area contributed by atoms with E-state index >= 15 is 0 Å². The van der Waals surface area contributed by atoms with Gasteiger partial charge in [-0.1, -0.05) is 6.07 Å². The molecule has 0 bridgehead atoms. The van der Waals surface area contributed by atoms with Crippen molar-refractivity contribution in [2.75, 3.05) is 5.73 Å². The molecular weight excluding hydrogens is 243 g/mol. The largest absolute Gasteiger partial charge is 0.384 e. The molecule has 0 aliphatic heterocycles. The molecule has 0 aliphatic rings. The molecule has 94 valence electrons. The second-order valence-corrected chi connectivity index (χ2v) is 4.08. The number of anilines is 1. The Morgan fingerprint density at radius 1 is 1.05 bits per heavy atom. The van der Waals surface area contributed by atoms with Crippen molar-refractivity contribution in [3.8, 4) is 16.9 Å². The second-order valence-electron chi connectivity index (χ2n) is 4.08. The van der Waals surface area contributed by atoms with Crippen molar-refractivity contribution in [1.82, 2.24) is 14.8 Å². The summed E-state index contributed by atoms with van der Waals surface area (Å²) in [6.45, 7) is 0. The van der Waals surface area contributed by atoms with Crippen molar-refractivity contribution < 1.29 is 4.39 Å². The SMILES string of the molecule is Nc1cc(-c2ccnn2-c2cccc(F)c2)ccn1. The quantitative estimate of drug-likeness (QED) is 0.764. The number of nitrogens with zero attached hydrogens (tertiary/aromatic N) is 3. The van der Waals surface area contributed by atoms with E-state index in [-0.39, 0.29) is 5.82 Å². The van der Waals surface area contributed by atoms with Gasteiger partial charge < -0.3 is 5.73 Å². The molecule has 0 saturated heterocycles. The normalized spacial score (nSPS) is 10.6. The number of halogens is 1. The van der Waals surface area contributed by atoms with Crippen LogP contribution in [0.5, 0.6) is 0 Å². The van der Waals surface area contributed by atoms with Crippen LogP contribution in [-0.2, 0) is 0 Å². The van der Waals surface area contributed by atoms with Crippen molar-refractivity contribution >= 4 is 5.82 Å². The molecule has 0 aliphatic carbocycles. The first kappa shape index (κ1) is 11.4. The molecule has 0 spiro atoms. The minimum Gasteiger partial charge on any atom is -0.384 e. The van der Waals surface area contributed by atoms with Crippen LogP contribution in [-0.4, -0.2) is 14.8 Å². The molecule has 1 aromatic carbocycles. The van der Waals surface area contributed by atoms with Gasteiger partial charge in [0.15, 0.2) is 0 Å². The second kappa shape index (κ2) is 4.53. The minimum atomic E-state index is -0.298. The zero-order valence-electron chi connectivity index (χ0n) is 9.99. The lowest BCUT2D eigenvalue weighted by Crippen LogP contribution is -2.00. The topological polar surface area (TPSA) is 56.7 Å². The zero-order chi connectivity index (χ0) is 13.2. The van der Waals surface area contributed by atoms with Crippen LogP contribution in [0, 0.1) is 5.82 Å². The summed E-state index contributed by atoms with van der Waals surface area (Å²) < 4.78 is 15.0. The molecule has 2 heterocycles. The van der Waals surface area contributed by atoms with E-state index in [0.717, 1.165) is 11.3 Å². The van der Waals surface area contributed by atoms with Crippen LogP contribution < -0.4 is 5.73 Å². The van der Waals surface area contributed by atoms with Crippen molar-refractivity contribution in [2.45, 2.75) is 0 Å². The van der Waals surface area contributed by atoms with Crippen molar-refractivity contribution in [3.63, 3.8) is 0 Å². The van der Waals surface area contributed by atoms with Crippen LogP contribution in [0.2, 0.25) is 0 Å². The maximum absolute atomic E-state index is 13.3. The van der Waals surface area contributed by atoms with Gasteiger partial charge in [-0.3, -0.25) is 0 Å². The van der Waals surface area contributed by atoms with Crippen LogP contribution in [0.4, 0.5) is 10.2 Å². The number of nitrogens with two attached hydrogens (primary N) is 1. The van der Waals surface area contributed by atoms with Crippen molar-refractivity contribution in [3.05, 3.63) is 60.7 Å². The monoisotopic (exact) mass is 254 g/mol. The number of aromatic nitrogens is 3. The Hall–Kier alpha value is -2.69. The van der Waals surface area contributed by atoms with E-state index in [1.807, 2.05) is 12.1 Å². The summed E-state index contributed by atoms with van der Waals surface area (Å²) in [5, 5.41) is 4.22. The fourth-order valence-electron chi connectivity index (χ4n) is 1.94. The lowest BCUT2D eigenvalue weighted by Gasteiger charge is -2.08. The van der Waals surface area contributed by atoms with Crippen molar-refractivity contribution in [1.29, 1.82) is 0 Å². The summed E-state index contributed by atoms with van der Waals surface area (Å²) in [5.41, 5.74) is 8.06. The van der Waals surface area contributed by atoms with Crippen LogP contribution in [0.3, 0.4) is 0 Å². The van der Waals surface area contributed by atoms with Gasteiger partial charge in [0.05, 0.1) is 17.6 Å². The van der Waals surface area contributed by atoms with Crippen LogP contribution in [0.1, 0.15) is 0 Å². The molecule has 5 heteroatoms. The highest BCUT2D eigenvalue weighted by Crippen LogP contribution is 2.23. The first-order valence-electron chi connectivity index (χ1n) is 5.76. The Morgan fingerprint density at radius 3 is 2.74 bits per heavy atom. The predicted molar refractivity (Wildman–Crippen MR) is 71.2 cm³/mol. The van der Waals surface area contributed by atoms with Gasteiger partial charge in [-0.2, -0.15) is 5.10 Å². The average molecular weight is 254 g/mol. The highest BCUT2D eigenvalue weighted by Gasteiger charge is 2.08. The van der Waals surface area contributed by atoms with Crippen LogP contribution in [0.25, 0.3) is 16.9 Å². The van der Waals surface area contributed by atoms with E-state index in [1.165, 1.54) is 12.1 Å². The van der Waals surface area contributed by atoms with Gasteiger partial charge in [0.2, 0.25) is 0 Å². The highest BCUT2D eigenvalue weighted by molar-refractivity contribution is 5.64. The van der Waals surface area contributed by atoms with E-state index < -0.39 is 0 Å². The third-order valence-electron chi connectivity index (χ3n) is 2.77. The summed E-state index contributed by atoms with van der Waals surface area (Å²) in [6.07, 6.45) is 3.30. The average Bonchev–Trinajstić information content (AvgIpc) is 2.88. The smallest absolute Gasteiger partial charge is 0.125 e. The fourth-order valence-corrected chi connectivity index (χ4v) is 1.94. The molecule has 19 heavy (non-hydrogen) atoms. The number of rotatable bonds is 2. The number of hydrogen-bond donors (Lipinski definition) is 1. The van der Waals surface area contributed by atoms with E-state index in [9.17, 15) is 4.39 Å². The fraction of sp³-hybridized carbons (Fsp3) is 0. The molecule has 0 amide bonds. The van der Waals surface area contributed by atoms with E-state index in [2.05, 4.69) is 10.1 Å². The third kappa shape index (κ3) is 2.18. The molecule has 0 unspecified atom stereocenters. The number of pyridine rings is 1. The molecule has 0 saturated carbocycles. The Labute approximate surface area is 109 Å². The maximum Gasteiger partial charge on any atom is 0.125 e. The Morgan fingerprint density at radius 2 is 1.95 bits per heavy atom. The van der Waals surface area contributed by atoms with Crippen LogP contribution in [0.15, 0.2) is 54.9 Å². The van der Waals surface area contributed by atoms with E-state index in [4.69, 9.17) is 5.73 Å². The molecule has 3 aromatic rings. The lowest BCUT2D eigenvalue weighted by molar-refractivity contribution is 0.625.